The van der Waals surface area contributed by atoms with Gasteiger partial charge >= 0.3 is 0 Å². The third-order valence-electron chi connectivity index (χ3n) is 4.98. The lowest BCUT2D eigenvalue weighted by Gasteiger charge is -2.35. The van der Waals surface area contributed by atoms with Gasteiger partial charge in [0.2, 0.25) is 0 Å². The Labute approximate surface area is 142 Å². The lowest BCUT2D eigenvalue weighted by atomic mass is 10.1. The number of hydrogen-bond donors (Lipinski definition) is 1. The molecule has 0 aliphatic carbocycles. The molecule has 0 radical (unpaired) electrons. The van der Waals surface area contributed by atoms with Crippen LogP contribution in [0.5, 0.6) is 0 Å². The van der Waals surface area contributed by atoms with Crippen molar-refractivity contribution in [2.45, 2.75) is 25.0 Å². The van der Waals surface area contributed by atoms with E-state index in [2.05, 4.69) is 10.2 Å². The molecule has 0 saturated carbocycles. The van der Waals surface area contributed by atoms with E-state index in [1.54, 1.807) is 0 Å². The molecule has 0 bridgehead atoms. The smallest absolute Gasteiger partial charge is 0.251 e. The molecule has 2 saturated heterocycles. The molecule has 0 unspecified atom stereocenters. The van der Waals surface area contributed by atoms with Gasteiger partial charge in [-0.25, -0.2) is 0 Å². The molecule has 2 aliphatic heterocycles. The topological polar surface area (TPSA) is 46.5 Å². The zero-order chi connectivity index (χ0) is 16.4. The Morgan fingerprint density at radius 2 is 2.00 bits per heavy atom. The summed E-state index contributed by atoms with van der Waals surface area (Å²) < 4.78 is 7.90. The standard InChI is InChI=1S/C19H23N3O2/c23-19(15-5-7-16(8-6-15)21-9-1-2-10-21)20-12-18-13-22-11-3-4-17(22)14-24-18/h1-2,5-10,17-18H,3-4,11-14H2,(H,20,23)/t17-,18-/m1/s1. The second-order valence-electron chi connectivity index (χ2n) is 6.59. The molecule has 1 aromatic heterocycles. The number of aromatic nitrogens is 1. The van der Waals surface area contributed by atoms with Gasteiger partial charge in [0.05, 0.1) is 12.7 Å². The van der Waals surface area contributed by atoms with Gasteiger partial charge in [0.25, 0.3) is 5.91 Å². The summed E-state index contributed by atoms with van der Waals surface area (Å²) >= 11 is 0. The van der Waals surface area contributed by atoms with Gasteiger partial charge in [0.1, 0.15) is 0 Å². The lowest BCUT2D eigenvalue weighted by Crippen LogP contribution is -2.50. The fourth-order valence-electron chi connectivity index (χ4n) is 3.61. The first-order valence-electron chi connectivity index (χ1n) is 8.67. The summed E-state index contributed by atoms with van der Waals surface area (Å²) in [4.78, 5) is 14.8. The van der Waals surface area contributed by atoms with Crippen LogP contribution in [-0.2, 0) is 4.74 Å². The van der Waals surface area contributed by atoms with E-state index in [1.165, 1.54) is 19.4 Å². The Kier molecular flexibility index (Phi) is 4.36. The van der Waals surface area contributed by atoms with Crippen LogP contribution in [0.25, 0.3) is 5.69 Å². The molecule has 24 heavy (non-hydrogen) atoms. The van der Waals surface area contributed by atoms with Gasteiger partial charge in [-0.05, 0) is 55.8 Å². The number of morpholine rings is 1. The number of benzene rings is 1. The molecule has 2 aliphatic rings. The maximum absolute atomic E-state index is 12.3. The molecule has 2 fully saturated rings. The molecule has 2 aromatic rings. The third-order valence-corrected chi connectivity index (χ3v) is 4.98. The summed E-state index contributed by atoms with van der Waals surface area (Å²) in [5.41, 5.74) is 1.73. The fraction of sp³-hybridized carbons (Fsp3) is 0.421. The zero-order valence-electron chi connectivity index (χ0n) is 13.7. The second-order valence-corrected chi connectivity index (χ2v) is 6.59. The Hall–Kier alpha value is -2.11. The third kappa shape index (κ3) is 3.23. The van der Waals surface area contributed by atoms with Crippen LogP contribution in [-0.4, -0.2) is 53.8 Å². The summed E-state index contributed by atoms with van der Waals surface area (Å²) in [6.07, 6.45) is 6.58. The minimum Gasteiger partial charge on any atom is -0.373 e. The average molecular weight is 325 g/mol. The van der Waals surface area contributed by atoms with Crippen LogP contribution >= 0.6 is 0 Å². The number of fused-ring (bicyclic) bond motifs is 1. The maximum atomic E-state index is 12.3. The van der Waals surface area contributed by atoms with Crippen molar-refractivity contribution >= 4 is 5.91 Å². The normalized spacial score (nSPS) is 23.8. The van der Waals surface area contributed by atoms with Crippen LogP contribution < -0.4 is 5.32 Å². The summed E-state index contributed by atoms with van der Waals surface area (Å²) in [5.74, 6) is -0.0406. The number of nitrogens with zero attached hydrogens (tertiary/aromatic N) is 2. The highest BCUT2D eigenvalue weighted by atomic mass is 16.5. The van der Waals surface area contributed by atoms with Gasteiger partial charge in [-0.15, -0.1) is 0 Å². The van der Waals surface area contributed by atoms with E-state index in [4.69, 9.17) is 4.74 Å². The second kappa shape index (κ2) is 6.79. The Bertz CT molecular complexity index is 681. The van der Waals surface area contributed by atoms with Crippen LogP contribution in [0.4, 0.5) is 0 Å². The first-order chi connectivity index (χ1) is 11.8. The van der Waals surface area contributed by atoms with Gasteiger partial charge in [0, 0.05) is 42.8 Å². The minimum atomic E-state index is -0.0406. The molecular formula is C19H23N3O2. The zero-order valence-corrected chi connectivity index (χ0v) is 13.7. The number of hydrogen-bond acceptors (Lipinski definition) is 3. The van der Waals surface area contributed by atoms with Crippen molar-refractivity contribution in [2.75, 3.05) is 26.2 Å². The maximum Gasteiger partial charge on any atom is 0.251 e. The SMILES string of the molecule is O=C(NC[C@@H]1CN2CCC[C@@H]2CO1)c1ccc(-n2cccc2)cc1. The molecule has 1 aromatic carbocycles. The lowest BCUT2D eigenvalue weighted by molar-refractivity contribution is -0.0461. The van der Waals surface area contributed by atoms with E-state index in [9.17, 15) is 4.79 Å². The van der Waals surface area contributed by atoms with Crippen molar-refractivity contribution in [3.8, 4) is 5.69 Å². The van der Waals surface area contributed by atoms with Gasteiger partial charge in [-0.2, -0.15) is 0 Å². The fourth-order valence-corrected chi connectivity index (χ4v) is 3.61. The minimum absolute atomic E-state index is 0.0406. The Balaban J connectivity index is 1.31. The van der Waals surface area contributed by atoms with E-state index in [-0.39, 0.29) is 12.0 Å². The molecule has 2 atom stereocenters. The van der Waals surface area contributed by atoms with Crippen LogP contribution in [0.3, 0.4) is 0 Å². The monoisotopic (exact) mass is 325 g/mol. The van der Waals surface area contributed by atoms with Crippen molar-refractivity contribution in [1.29, 1.82) is 0 Å². The quantitative estimate of drug-likeness (QED) is 0.936. The predicted molar refractivity (Wildman–Crippen MR) is 92.4 cm³/mol. The molecule has 0 spiro atoms. The number of nitrogens with one attached hydrogen (secondary N) is 1. The predicted octanol–water partition coefficient (Wildman–Crippen LogP) is 2.07. The Morgan fingerprint density at radius 3 is 2.79 bits per heavy atom. The van der Waals surface area contributed by atoms with Crippen molar-refractivity contribution in [3.63, 3.8) is 0 Å². The van der Waals surface area contributed by atoms with Crippen molar-refractivity contribution in [3.05, 3.63) is 54.4 Å². The van der Waals surface area contributed by atoms with Crippen molar-refractivity contribution < 1.29 is 9.53 Å². The van der Waals surface area contributed by atoms with E-state index in [1.807, 2.05) is 53.4 Å². The Morgan fingerprint density at radius 1 is 1.21 bits per heavy atom. The summed E-state index contributed by atoms with van der Waals surface area (Å²) in [6.45, 7) is 3.46. The van der Waals surface area contributed by atoms with Crippen molar-refractivity contribution in [2.24, 2.45) is 0 Å². The molecule has 1 N–H and O–H groups in total. The summed E-state index contributed by atoms with van der Waals surface area (Å²) in [6, 6.07) is 12.2. The number of ether oxygens (including phenoxy) is 1. The van der Waals surface area contributed by atoms with Crippen LogP contribution in [0.2, 0.25) is 0 Å². The summed E-state index contributed by atoms with van der Waals surface area (Å²) in [7, 11) is 0. The largest absolute Gasteiger partial charge is 0.373 e. The highest BCUT2D eigenvalue weighted by Crippen LogP contribution is 2.22. The van der Waals surface area contributed by atoms with E-state index in [0.717, 1.165) is 18.8 Å². The van der Waals surface area contributed by atoms with Gasteiger partial charge in [0.15, 0.2) is 0 Å². The highest BCUT2D eigenvalue weighted by Gasteiger charge is 2.32. The molecule has 5 heteroatoms. The van der Waals surface area contributed by atoms with E-state index >= 15 is 0 Å². The average Bonchev–Trinajstić information content (AvgIpc) is 3.31. The molecule has 3 heterocycles. The first kappa shape index (κ1) is 15.4. The highest BCUT2D eigenvalue weighted by molar-refractivity contribution is 5.94. The van der Waals surface area contributed by atoms with E-state index in [0.29, 0.717) is 18.2 Å². The molecular weight excluding hydrogens is 302 g/mol. The van der Waals surface area contributed by atoms with Gasteiger partial charge in [-0.3, -0.25) is 9.69 Å². The summed E-state index contributed by atoms with van der Waals surface area (Å²) in [5, 5.41) is 3.01. The van der Waals surface area contributed by atoms with Gasteiger partial charge in [-0.1, -0.05) is 0 Å². The van der Waals surface area contributed by atoms with Crippen LogP contribution in [0.1, 0.15) is 23.2 Å². The van der Waals surface area contributed by atoms with E-state index < -0.39 is 0 Å². The number of carbonyl (C=O) groups excluding carboxylic acids is 1. The van der Waals surface area contributed by atoms with Crippen LogP contribution in [0.15, 0.2) is 48.8 Å². The number of carbonyl (C=O) groups is 1. The number of rotatable bonds is 4. The molecule has 4 rings (SSSR count). The van der Waals surface area contributed by atoms with Crippen LogP contribution in [0, 0.1) is 0 Å². The van der Waals surface area contributed by atoms with Gasteiger partial charge < -0.3 is 14.6 Å². The molecule has 1 amide bonds. The number of amides is 1. The first-order valence-corrected chi connectivity index (χ1v) is 8.67. The molecule has 126 valence electrons. The van der Waals surface area contributed by atoms with Crippen molar-refractivity contribution in [1.82, 2.24) is 14.8 Å². The molecule has 5 nitrogen and oxygen atoms in total.